The number of aliphatic hydroxyl groups is 1. The minimum atomic E-state index is -3.57. The monoisotopic (exact) mass is 446 g/mol. The van der Waals surface area contributed by atoms with Gasteiger partial charge in [-0.25, -0.2) is 8.42 Å². The third-order valence-corrected chi connectivity index (χ3v) is 7.95. The molecule has 12 heteroatoms. The maximum Gasteiger partial charge on any atom is 0.292 e. The second kappa shape index (κ2) is 8.62. The summed E-state index contributed by atoms with van der Waals surface area (Å²) in [6, 6.07) is 7.77. The Morgan fingerprint density at radius 1 is 1.21 bits per heavy atom. The highest BCUT2D eigenvalue weighted by Gasteiger charge is 2.30. The van der Waals surface area contributed by atoms with Gasteiger partial charge in [0.05, 0.1) is 15.9 Å². The average Bonchev–Trinajstić information content (AvgIpc) is 3.13. The first-order chi connectivity index (χ1) is 13.3. The standard InChI is InChI=1S/C16H19ClN4O5S2/c17-15-3-4-16(27-15)28(25,26)20-8-6-19(7-9-20)12-1-2-14(21(23)24)13(11-12)18-5-10-22/h1-4,11,18,22H,5-10H2. The fourth-order valence-electron chi connectivity index (χ4n) is 2.96. The van der Waals surface area contributed by atoms with Gasteiger partial charge in [-0.05, 0) is 24.3 Å². The molecule has 152 valence electrons. The van der Waals surface area contributed by atoms with Crippen LogP contribution in [0.25, 0.3) is 0 Å². The van der Waals surface area contributed by atoms with Crippen LogP contribution in [0.2, 0.25) is 4.34 Å². The summed E-state index contributed by atoms with van der Waals surface area (Å²) in [6.45, 7) is 1.55. The Kier molecular flexibility index (Phi) is 6.40. The molecule has 1 fully saturated rings. The highest BCUT2D eigenvalue weighted by Crippen LogP contribution is 2.32. The SMILES string of the molecule is O=[N+]([O-])c1ccc(N2CCN(S(=O)(=O)c3ccc(Cl)s3)CC2)cc1NCCO. The predicted octanol–water partition coefficient (Wildman–Crippen LogP) is 2.22. The van der Waals surface area contributed by atoms with Crippen LogP contribution in [0.4, 0.5) is 17.1 Å². The van der Waals surface area contributed by atoms with E-state index in [0.29, 0.717) is 36.2 Å². The molecule has 0 spiro atoms. The van der Waals surface area contributed by atoms with Gasteiger partial charge in [0.2, 0.25) is 0 Å². The summed E-state index contributed by atoms with van der Waals surface area (Å²) < 4.78 is 27.4. The molecular weight excluding hydrogens is 428 g/mol. The molecule has 1 aliphatic rings. The molecule has 0 saturated carbocycles. The molecule has 0 aliphatic carbocycles. The number of sulfonamides is 1. The number of nitro benzene ring substituents is 1. The lowest BCUT2D eigenvalue weighted by molar-refractivity contribution is -0.383. The Labute approximate surface area is 171 Å². The van der Waals surface area contributed by atoms with Gasteiger partial charge in [0.25, 0.3) is 15.7 Å². The minimum Gasteiger partial charge on any atom is -0.395 e. The lowest BCUT2D eigenvalue weighted by atomic mass is 10.2. The van der Waals surface area contributed by atoms with E-state index in [1.165, 1.54) is 16.4 Å². The van der Waals surface area contributed by atoms with Gasteiger partial charge in [-0.1, -0.05) is 11.6 Å². The van der Waals surface area contributed by atoms with Crippen molar-refractivity contribution < 1.29 is 18.4 Å². The van der Waals surface area contributed by atoms with E-state index in [4.69, 9.17) is 16.7 Å². The van der Waals surface area contributed by atoms with Gasteiger partial charge < -0.3 is 15.3 Å². The van der Waals surface area contributed by atoms with Crippen LogP contribution < -0.4 is 10.2 Å². The molecule has 0 bridgehead atoms. The Morgan fingerprint density at radius 2 is 1.93 bits per heavy atom. The van der Waals surface area contributed by atoms with Crippen LogP contribution in [-0.2, 0) is 10.0 Å². The molecule has 0 unspecified atom stereocenters. The van der Waals surface area contributed by atoms with Gasteiger partial charge in [0.1, 0.15) is 9.90 Å². The molecule has 2 aromatic rings. The third kappa shape index (κ3) is 4.39. The van der Waals surface area contributed by atoms with Crippen LogP contribution in [0.15, 0.2) is 34.5 Å². The van der Waals surface area contributed by atoms with Crippen LogP contribution in [0.5, 0.6) is 0 Å². The lowest BCUT2D eigenvalue weighted by Gasteiger charge is -2.35. The number of rotatable bonds is 7. The molecule has 0 atom stereocenters. The van der Waals surface area contributed by atoms with E-state index in [2.05, 4.69) is 5.32 Å². The van der Waals surface area contributed by atoms with Crippen molar-refractivity contribution in [1.29, 1.82) is 0 Å². The predicted molar refractivity (Wildman–Crippen MR) is 109 cm³/mol. The quantitative estimate of drug-likeness (QED) is 0.494. The van der Waals surface area contributed by atoms with Crippen molar-refractivity contribution in [3.63, 3.8) is 0 Å². The highest BCUT2D eigenvalue weighted by atomic mass is 35.5. The van der Waals surface area contributed by atoms with Crippen molar-refractivity contribution in [2.45, 2.75) is 4.21 Å². The molecular formula is C16H19ClN4O5S2. The summed E-state index contributed by atoms with van der Waals surface area (Å²) in [5.41, 5.74) is 0.995. The van der Waals surface area contributed by atoms with E-state index in [9.17, 15) is 18.5 Å². The van der Waals surface area contributed by atoms with Gasteiger partial charge in [-0.2, -0.15) is 4.31 Å². The maximum absolute atomic E-state index is 12.7. The molecule has 0 radical (unpaired) electrons. The summed E-state index contributed by atoms with van der Waals surface area (Å²) in [4.78, 5) is 12.7. The van der Waals surface area contributed by atoms with Crippen molar-refractivity contribution in [2.75, 3.05) is 49.5 Å². The van der Waals surface area contributed by atoms with Gasteiger partial charge in [0.15, 0.2) is 0 Å². The van der Waals surface area contributed by atoms with Crippen LogP contribution in [0, 0.1) is 10.1 Å². The van der Waals surface area contributed by atoms with E-state index < -0.39 is 14.9 Å². The highest BCUT2D eigenvalue weighted by molar-refractivity contribution is 7.91. The molecule has 1 aliphatic heterocycles. The number of anilines is 2. The molecule has 1 aromatic carbocycles. The number of aliphatic hydroxyl groups excluding tert-OH is 1. The smallest absolute Gasteiger partial charge is 0.292 e. The van der Waals surface area contributed by atoms with E-state index in [-0.39, 0.29) is 23.0 Å². The molecule has 1 saturated heterocycles. The first-order valence-electron chi connectivity index (χ1n) is 8.46. The molecule has 3 rings (SSSR count). The normalized spacial score (nSPS) is 15.6. The fourth-order valence-corrected chi connectivity index (χ4v) is 6.02. The fraction of sp³-hybridized carbons (Fsp3) is 0.375. The Bertz CT molecular complexity index is 958. The van der Waals surface area contributed by atoms with Gasteiger partial charge in [-0.3, -0.25) is 10.1 Å². The Morgan fingerprint density at radius 3 is 2.50 bits per heavy atom. The third-order valence-electron chi connectivity index (χ3n) is 4.35. The summed E-state index contributed by atoms with van der Waals surface area (Å²) >= 11 is 6.88. The summed E-state index contributed by atoms with van der Waals surface area (Å²) in [5.74, 6) is 0. The van der Waals surface area contributed by atoms with Crippen molar-refractivity contribution >= 4 is 50.0 Å². The van der Waals surface area contributed by atoms with E-state index in [1.807, 2.05) is 4.90 Å². The van der Waals surface area contributed by atoms with Crippen molar-refractivity contribution in [3.8, 4) is 0 Å². The second-order valence-corrected chi connectivity index (χ2v) is 9.94. The number of nitrogens with one attached hydrogen (secondary N) is 1. The number of piperazine rings is 1. The van der Waals surface area contributed by atoms with E-state index in [1.54, 1.807) is 18.2 Å². The van der Waals surface area contributed by atoms with E-state index in [0.717, 1.165) is 17.0 Å². The summed E-state index contributed by atoms with van der Waals surface area (Å²) in [7, 11) is -3.57. The van der Waals surface area contributed by atoms with Crippen LogP contribution in [-0.4, -0.2) is 62.1 Å². The van der Waals surface area contributed by atoms with Crippen LogP contribution in [0.3, 0.4) is 0 Å². The van der Waals surface area contributed by atoms with E-state index >= 15 is 0 Å². The zero-order valence-corrected chi connectivity index (χ0v) is 17.1. The summed E-state index contributed by atoms with van der Waals surface area (Å²) in [5, 5.41) is 23.0. The second-order valence-electron chi connectivity index (χ2n) is 6.06. The molecule has 2 N–H and O–H groups in total. The Hall–Kier alpha value is -1.92. The number of thiophene rings is 1. The number of hydrogen-bond donors (Lipinski definition) is 2. The molecule has 1 aromatic heterocycles. The van der Waals surface area contributed by atoms with Crippen molar-refractivity contribution in [3.05, 3.63) is 44.8 Å². The zero-order chi connectivity index (χ0) is 20.3. The minimum absolute atomic E-state index is 0.0759. The largest absolute Gasteiger partial charge is 0.395 e. The Balaban J connectivity index is 1.73. The number of nitrogens with zero attached hydrogens (tertiary/aromatic N) is 3. The van der Waals surface area contributed by atoms with Gasteiger partial charge >= 0.3 is 0 Å². The molecule has 28 heavy (non-hydrogen) atoms. The average molecular weight is 447 g/mol. The van der Waals surface area contributed by atoms with Crippen LogP contribution >= 0.6 is 22.9 Å². The van der Waals surface area contributed by atoms with Crippen molar-refractivity contribution in [2.24, 2.45) is 0 Å². The molecule has 9 nitrogen and oxygen atoms in total. The number of halogens is 1. The van der Waals surface area contributed by atoms with Gasteiger partial charge in [-0.15, -0.1) is 11.3 Å². The first kappa shape index (κ1) is 20.8. The maximum atomic E-state index is 12.7. The number of nitro groups is 1. The van der Waals surface area contributed by atoms with Crippen LogP contribution in [0.1, 0.15) is 0 Å². The topological polar surface area (TPSA) is 116 Å². The lowest BCUT2D eigenvalue weighted by Crippen LogP contribution is -2.48. The number of hydrogen-bond acceptors (Lipinski definition) is 8. The van der Waals surface area contributed by atoms with Crippen molar-refractivity contribution in [1.82, 2.24) is 4.31 Å². The van der Waals surface area contributed by atoms with Gasteiger partial charge in [0, 0.05) is 44.5 Å². The zero-order valence-electron chi connectivity index (χ0n) is 14.7. The summed E-state index contributed by atoms with van der Waals surface area (Å²) in [6.07, 6.45) is 0. The first-order valence-corrected chi connectivity index (χ1v) is 11.1. The molecule has 0 amide bonds. The number of benzene rings is 1. The molecule has 2 heterocycles.